The number of alkyl carbamates (subject to hydrolysis) is 1. The van der Waals surface area contributed by atoms with Crippen molar-refractivity contribution < 1.29 is 29.3 Å². The summed E-state index contributed by atoms with van der Waals surface area (Å²) >= 11 is 0. The summed E-state index contributed by atoms with van der Waals surface area (Å²) in [7, 11) is 0. The molecule has 0 aliphatic carbocycles. The first-order valence-corrected chi connectivity index (χ1v) is 13.6. The highest BCUT2D eigenvalue weighted by molar-refractivity contribution is 5.92. The number of aliphatic hydroxyl groups excluding tert-OH is 1. The van der Waals surface area contributed by atoms with E-state index in [2.05, 4.69) is 17.6 Å². The van der Waals surface area contributed by atoms with Crippen LogP contribution in [-0.4, -0.2) is 57.8 Å². The minimum Gasteiger partial charge on any atom is -0.508 e. The van der Waals surface area contributed by atoms with Crippen molar-refractivity contribution in [3.63, 3.8) is 0 Å². The number of phenolic OH excluding ortho intramolecular Hbond substituents is 1. The number of ether oxygens (including phenoxy) is 1. The zero-order valence-corrected chi connectivity index (χ0v) is 23.5. The van der Waals surface area contributed by atoms with Crippen LogP contribution in [0.5, 0.6) is 5.75 Å². The second kappa shape index (κ2) is 15.7. The van der Waals surface area contributed by atoms with Crippen LogP contribution in [-0.2, 0) is 20.9 Å². The fourth-order valence-electron chi connectivity index (χ4n) is 4.14. The first kappa shape index (κ1) is 31.6. The number of aromatic hydroxyl groups is 1. The maximum Gasteiger partial charge on any atom is 0.408 e. The van der Waals surface area contributed by atoms with E-state index in [-0.39, 0.29) is 24.4 Å². The molecule has 214 valence electrons. The lowest BCUT2D eigenvalue weighted by atomic mass is 10.0. The second-order valence-electron chi connectivity index (χ2n) is 10.5. The molecule has 2 unspecified atom stereocenters. The third-order valence-corrected chi connectivity index (χ3v) is 6.06. The van der Waals surface area contributed by atoms with Crippen LogP contribution in [0.3, 0.4) is 0 Å². The maximum absolute atomic E-state index is 13.8. The zero-order valence-electron chi connectivity index (χ0n) is 23.5. The second-order valence-corrected chi connectivity index (χ2v) is 10.5. The number of aliphatic hydroxyl groups is 1. The molecule has 0 bridgehead atoms. The summed E-state index contributed by atoms with van der Waals surface area (Å²) in [5.74, 6) is -1.28. The molecule has 0 aliphatic rings. The van der Waals surface area contributed by atoms with Gasteiger partial charge in [-0.25, -0.2) is 4.79 Å². The number of carbonyl (C=O) groups is 3. The molecule has 0 aromatic heterocycles. The van der Waals surface area contributed by atoms with Gasteiger partial charge in [-0.3, -0.25) is 9.59 Å². The molecule has 9 nitrogen and oxygen atoms in total. The van der Waals surface area contributed by atoms with Gasteiger partial charge in [0, 0.05) is 18.7 Å². The standard InChI is InChI=1S/C30H43N3O6/c1-5-6-7-8-14-19-33(28(37)24(21-34)32-29(38)39-30(2,3)4)26(23-17-12-13-18-25(23)35)27(36)31-20-22-15-10-9-11-16-22/h9-13,15-18,24,26,34-35H,5-8,14,19-21H2,1-4H3,(H,31,36)(H,32,38). The fraction of sp³-hybridized carbons (Fsp3) is 0.500. The lowest BCUT2D eigenvalue weighted by Crippen LogP contribution is -2.54. The van der Waals surface area contributed by atoms with E-state index in [1.54, 1.807) is 39.0 Å². The molecule has 0 heterocycles. The highest BCUT2D eigenvalue weighted by Gasteiger charge is 2.37. The summed E-state index contributed by atoms with van der Waals surface area (Å²) in [5.41, 5.74) is 0.319. The molecule has 3 amide bonds. The predicted molar refractivity (Wildman–Crippen MR) is 150 cm³/mol. The van der Waals surface area contributed by atoms with Gasteiger partial charge < -0.3 is 30.5 Å². The summed E-state index contributed by atoms with van der Waals surface area (Å²) in [6.07, 6.45) is 3.66. The van der Waals surface area contributed by atoms with E-state index >= 15 is 0 Å². The minimum atomic E-state index is -1.34. The van der Waals surface area contributed by atoms with Crippen LogP contribution in [0.15, 0.2) is 54.6 Å². The van der Waals surface area contributed by atoms with Gasteiger partial charge in [-0.1, -0.05) is 81.1 Å². The van der Waals surface area contributed by atoms with Crippen LogP contribution < -0.4 is 10.6 Å². The average molecular weight is 542 g/mol. The first-order chi connectivity index (χ1) is 18.6. The van der Waals surface area contributed by atoms with Crippen LogP contribution >= 0.6 is 0 Å². The largest absolute Gasteiger partial charge is 0.508 e. The van der Waals surface area contributed by atoms with Gasteiger partial charge in [-0.05, 0) is 38.8 Å². The Hall–Kier alpha value is -3.59. The molecule has 4 N–H and O–H groups in total. The molecule has 0 saturated heterocycles. The number of amides is 3. The first-order valence-electron chi connectivity index (χ1n) is 13.6. The minimum absolute atomic E-state index is 0.137. The van der Waals surface area contributed by atoms with Crippen molar-refractivity contribution in [1.29, 1.82) is 0 Å². The van der Waals surface area contributed by atoms with E-state index in [0.29, 0.717) is 6.42 Å². The smallest absolute Gasteiger partial charge is 0.408 e. The van der Waals surface area contributed by atoms with Gasteiger partial charge in [0.2, 0.25) is 11.8 Å². The quantitative estimate of drug-likeness (QED) is 0.262. The Morgan fingerprint density at radius 3 is 2.21 bits per heavy atom. The van der Waals surface area contributed by atoms with E-state index < -0.39 is 42.2 Å². The molecule has 39 heavy (non-hydrogen) atoms. The number of hydrogen-bond acceptors (Lipinski definition) is 6. The van der Waals surface area contributed by atoms with E-state index in [1.165, 1.54) is 11.0 Å². The Labute approximate surface area is 231 Å². The fourth-order valence-corrected chi connectivity index (χ4v) is 4.14. The number of nitrogens with zero attached hydrogens (tertiary/aromatic N) is 1. The number of unbranched alkanes of at least 4 members (excludes halogenated alkanes) is 4. The van der Waals surface area contributed by atoms with Gasteiger partial charge >= 0.3 is 6.09 Å². The SMILES string of the molecule is CCCCCCCN(C(=O)C(CO)NC(=O)OC(C)(C)C)C(C(=O)NCc1ccccc1)c1ccccc1O. The van der Waals surface area contributed by atoms with Crippen LogP contribution in [0.1, 0.15) is 77.0 Å². The molecule has 2 aromatic carbocycles. The summed E-state index contributed by atoms with van der Waals surface area (Å²) < 4.78 is 5.27. The van der Waals surface area contributed by atoms with Gasteiger partial charge in [0.15, 0.2) is 0 Å². The number of phenols is 1. The molecule has 0 saturated carbocycles. The van der Waals surface area contributed by atoms with Crippen LogP contribution in [0, 0.1) is 0 Å². The van der Waals surface area contributed by atoms with Crippen LogP contribution in [0.4, 0.5) is 4.79 Å². The highest BCUT2D eigenvalue weighted by Crippen LogP contribution is 2.30. The number of carbonyl (C=O) groups excluding carboxylic acids is 3. The van der Waals surface area contributed by atoms with E-state index in [0.717, 1.165) is 31.2 Å². The summed E-state index contributed by atoms with van der Waals surface area (Å²) in [4.78, 5) is 41.3. The molecular formula is C30H43N3O6. The van der Waals surface area contributed by atoms with E-state index in [1.807, 2.05) is 30.3 Å². The number of nitrogens with one attached hydrogen (secondary N) is 2. The molecule has 0 aliphatic heterocycles. The molecule has 2 aromatic rings. The monoisotopic (exact) mass is 541 g/mol. The average Bonchev–Trinajstić information content (AvgIpc) is 2.89. The summed E-state index contributed by atoms with van der Waals surface area (Å²) in [6, 6.07) is 13.2. The lowest BCUT2D eigenvalue weighted by Gasteiger charge is -2.34. The Morgan fingerprint density at radius 2 is 1.59 bits per heavy atom. The Kier molecular flexibility index (Phi) is 12.8. The molecule has 9 heteroatoms. The van der Waals surface area contributed by atoms with Crippen molar-refractivity contribution >= 4 is 17.9 Å². The molecule has 0 fully saturated rings. The number of para-hydroxylation sites is 1. The predicted octanol–water partition coefficient (Wildman–Crippen LogP) is 4.43. The maximum atomic E-state index is 13.8. The molecule has 2 atom stereocenters. The van der Waals surface area contributed by atoms with Crippen molar-refractivity contribution in [3.8, 4) is 5.75 Å². The Morgan fingerprint density at radius 1 is 0.949 bits per heavy atom. The van der Waals surface area contributed by atoms with E-state index in [4.69, 9.17) is 4.74 Å². The lowest BCUT2D eigenvalue weighted by molar-refractivity contribution is -0.143. The van der Waals surface area contributed by atoms with Crippen LogP contribution in [0.2, 0.25) is 0 Å². The van der Waals surface area contributed by atoms with Crippen molar-refractivity contribution in [1.82, 2.24) is 15.5 Å². The topological polar surface area (TPSA) is 128 Å². The van der Waals surface area contributed by atoms with Crippen molar-refractivity contribution in [2.45, 2.75) is 84.0 Å². The van der Waals surface area contributed by atoms with E-state index in [9.17, 15) is 24.6 Å². The zero-order chi connectivity index (χ0) is 28.8. The van der Waals surface area contributed by atoms with Gasteiger partial charge in [-0.15, -0.1) is 0 Å². The third-order valence-electron chi connectivity index (χ3n) is 6.06. The summed E-state index contributed by atoms with van der Waals surface area (Å²) in [5, 5.41) is 26.1. The van der Waals surface area contributed by atoms with Gasteiger partial charge in [-0.2, -0.15) is 0 Å². The molecule has 0 spiro atoms. The third kappa shape index (κ3) is 10.6. The van der Waals surface area contributed by atoms with Gasteiger partial charge in [0.05, 0.1) is 6.61 Å². The highest BCUT2D eigenvalue weighted by atomic mass is 16.6. The normalized spacial score (nSPS) is 12.7. The summed E-state index contributed by atoms with van der Waals surface area (Å²) in [6.45, 7) is 6.90. The van der Waals surface area contributed by atoms with Gasteiger partial charge in [0.1, 0.15) is 23.4 Å². The number of benzene rings is 2. The molecule has 0 radical (unpaired) electrons. The van der Waals surface area contributed by atoms with Crippen molar-refractivity contribution in [2.24, 2.45) is 0 Å². The van der Waals surface area contributed by atoms with Crippen molar-refractivity contribution in [2.75, 3.05) is 13.2 Å². The Bertz CT molecular complexity index is 1050. The molecule has 2 rings (SSSR count). The number of hydrogen-bond donors (Lipinski definition) is 4. The Balaban J connectivity index is 2.40. The van der Waals surface area contributed by atoms with Crippen molar-refractivity contribution in [3.05, 3.63) is 65.7 Å². The number of rotatable bonds is 14. The van der Waals surface area contributed by atoms with Gasteiger partial charge in [0.25, 0.3) is 0 Å². The molecular weight excluding hydrogens is 498 g/mol. The van der Waals surface area contributed by atoms with Crippen LogP contribution in [0.25, 0.3) is 0 Å².